The molecular formula is C23H26N4OS. The molecule has 0 saturated carbocycles. The number of nitrogens with zero attached hydrogens (tertiary/aromatic N) is 2. The van der Waals surface area contributed by atoms with Crippen molar-refractivity contribution < 1.29 is 4.84 Å². The summed E-state index contributed by atoms with van der Waals surface area (Å²) in [6, 6.07) is 24.1. The van der Waals surface area contributed by atoms with Gasteiger partial charge in [-0.3, -0.25) is 9.82 Å². The number of rotatable bonds is 10. The van der Waals surface area contributed by atoms with Crippen molar-refractivity contribution >= 4 is 28.7 Å². The van der Waals surface area contributed by atoms with E-state index in [1.54, 1.807) is 12.4 Å². The number of para-hydroxylation sites is 2. The van der Waals surface area contributed by atoms with Crippen LogP contribution in [0.4, 0.5) is 11.4 Å². The number of thiocarbonyl (C=S) groups is 1. The topological polar surface area (TPSA) is 49.4 Å². The van der Waals surface area contributed by atoms with E-state index in [1.807, 2.05) is 65.7 Å². The lowest BCUT2D eigenvalue weighted by atomic mass is 10.2. The van der Waals surface area contributed by atoms with Gasteiger partial charge >= 0.3 is 0 Å². The Kier molecular flexibility index (Phi) is 8.44. The molecule has 0 spiro atoms. The Morgan fingerprint density at radius 1 is 0.897 bits per heavy atom. The number of hydroxylamine groups is 1. The highest BCUT2D eigenvalue weighted by Gasteiger charge is 2.08. The van der Waals surface area contributed by atoms with Crippen LogP contribution in [0, 0.1) is 0 Å². The molecule has 0 fully saturated rings. The maximum atomic E-state index is 6.07. The third-order valence-corrected chi connectivity index (χ3v) is 4.50. The number of pyridine rings is 1. The molecule has 0 unspecified atom stereocenters. The summed E-state index contributed by atoms with van der Waals surface area (Å²) in [5, 5.41) is 8.99. The van der Waals surface area contributed by atoms with Crippen LogP contribution >= 0.6 is 12.2 Å². The Balaban J connectivity index is 1.39. The first-order valence-corrected chi connectivity index (χ1v) is 10.2. The minimum Gasteiger partial charge on any atom is -0.362 e. The van der Waals surface area contributed by atoms with Crippen molar-refractivity contribution in [3.05, 3.63) is 90.8 Å². The third kappa shape index (κ3) is 7.52. The van der Waals surface area contributed by atoms with Crippen LogP contribution in [0.2, 0.25) is 0 Å². The highest BCUT2D eigenvalue weighted by atomic mass is 32.1. The fourth-order valence-corrected chi connectivity index (χ4v) is 2.98. The van der Waals surface area contributed by atoms with Crippen molar-refractivity contribution in [2.24, 2.45) is 0 Å². The average Bonchev–Trinajstić information content (AvgIpc) is 2.77. The van der Waals surface area contributed by atoms with Gasteiger partial charge in [-0.25, -0.2) is 5.06 Å². The molecule has 0 aliphatic heterocycles. The number of unbranched alkanes of at least 4 members (excludes halogenated alkanes) is 1. The zero-order chi connectivity index (χ0) is 20.2. The molecule has 0 aliphatic rings. The summed E-state index contributed by atoms with van der Waals surface area (Å²) in [5.41, 5.74) is 3.18. The normalized spacial score (nSPS) is 10.3. The Hall–Kier alpha value is -2.96. The predicted octanol–water partition coefficient (Wildman–Crippen LogP) is 4.79. The predicted molar refractivity (Wildman–Crippen MR) is 123 cm³/mol. The first kappa shape index (κ1) is 20.8. The second-order valence-electron chi connectivity index (χ2n) is 6.51. The second-order valence-corrected chi connectivity index (χ2v) is 6.92. The lowest BCUT2D eigenvalue weighted by Crippen LogP contribution is -2.29. The Bertz CT molecular complexity index is 847. The molecule has 1 aromatic heterocycles. The summed E-state index contributed by atoms with van der Waals surface area (Å²) in [7, 11) is 0. The molecule has 0 amide bonds. The molecular weight excluding hydrogens is 380 g/mol. The van der Waals surface area contributed by atoms with Crippen LogP contribution < -0.4 is 15.7 Å². The summed E-state index contributed by atoms with van der Waals surface area (Å²) in [6.45, 7) is 2.12. The number of hydrogen-bond acceptors (Lipinski definition) is 4. The van der Waals surface area contributed by atoms with Crippen molar-refractivity contribution in [1.82, 2.24) is 10.3 Å². The van der Waals surface area contributed by atoms with Gasteiger partial charge in [-0.05, 0) is 67.0 Å². The van der Waals surface area contributed by atoms with E-state index >= 15 is 0 Å². The number of anilines is 2. The zero-order valence-electron chi connectivity index (χ0n) is 16.3. The summed E-state index contributed by atoms with van der Waals surface area (Å²) in [5.74, 6) is 0. The van der Waals surface area contributed by atoms with Gasteiger partial charge in [-0.15, -0.1) is 0 Å². The first-order valence-electron chi connectivity index (χ1n) is 9.75. The quantitative estimate of drug-likeness (QED) is 0.287. The summed E-state index contributed by atoms with van der Waals surface area (Å²) in [6.07, 6.45) is 5.50. The van der Waals surface area contributed by atoms with Gasteiger partial charge in [0.15, 0.2) is 5.11 Å². The molecule has 0 radical (unpaired) electrons. The molecule has 0 atom stereocenters. The average molecular weight is 407 g/mol. The van der Waals surface area contributed by atoms with Gasteiger partial charge in [-0.2, -0.15) is 0 Å². The summed E-state index contributed by atoms with van der Waals surface area (Å²) < 4.78 is 0. The van der Waals surface area contributed by atoms with Gasteiger partial charge in [0.1, 0.15) is 0 Å². The van der Waals surface area contributed by atoms with Gasteiger partial charge in [0.25, 0.3) is 0 Å². The third-order valence-electron chi connectivity index (χ3n) is 4.26. The van der Waals surface area contributed by atoms with Crippen molar-refractivity contribution in [1.29, 1.82) is 0 Å². The number of hydrogen-bond donors (Lipinski definition) is 2. The van der Waals surface area contributed by atoms with Gasteiger partial charge in [0.05, 0.1) is 18.8 Å². The second kappa shape index (κ2) is 11.8. The van der Waals surface area contributed by atoms with Gasteiger partial charge in [0.2, 0.25) is 0 Å². The van der Waals surface area contributed by atoms with Crippen LogP contribution in [0.5, 0.6) is 0 Å². The standard InChI is InChI=1S/C23H26N4OS/c29-23(26-21-9-3-1-4-10-21)25-15-7-8-18-28-27(22-11-5-2-6-12-22)19-20-13-16-24-17-14-20/h1-6,9-14,16-17H,7-8,15,18-19H2,(H2,25,26,29). The first-order chi connectivity index (χ1) is 14.3. The van der Waals surface area contributed by atoms with E-state index in [-0.39, 0.29) is 0 Å². The van der Waals surface area contributed by atoms with Crippen molar-refractivity contribution in [2.75, 3.05) is 23.5 Å². The summed E-state index contributed by atoms with van der Waals surface area (Å²) in [4.78, 5) is 10.2. The maximum absolute atomic E-state index is 6.07. The van der Waals surface area contributed by atoms with Gasteiger partial charge in [0, 0.05) is 24.6 Å². The van der Waals surface area contributed by atoms with Crippen LogP contribution in [0.3, 0.4) is 0 Å². The largest absolute Gasteiger partial charge is 0.362 e. The van der Waals surface area contributed by atoms with E-state index in [4.69, 9.17) is 17.1 Å². The minimum absolute atomic E-state index is 0.639. The molecule has 0 saturated heterocycles. The monoisotopic (exact) mass is 406 g/mol. The smallest absolute Gasteiger partial charge is 0.170 e. The molecule has 29 heavy (non-hydrogen) atoms. The molecule has 1 heterocycles. The van der Waals surface area contributed by atoms with Gasteiger partial charge in [-0.1, -0.05) is 36.4 Å². The summed E-state index contributed by atoms with van der Waals surface area (Å²) >= 11 is 5.33. The highest BCUT2D eigenvalue weighted by Crippen LogP contribution is 2.17. The SMILES string of the molecule is S=C(NCCCCON(Cc1ccncc1)c1ccccc1)Nc1ccccc1. The van der Waals surface area contributed by atoms with E-state index in [0.29, 0.717) is 18.3 Å². The lowest BCUT2D eigenvalue weighted by molar-refractivity contribution is 0.101. The lowest BCUT2D eigenvalue weighted by Gasteiger charge is -2.24. The number of nitrogens with one attached hydrogen (secondary N) is 2. The molecule has 0 aliphatic carbocycles. The van der Waals surface area contributed by atoms with E-state index in [2.05, 4.69) is 27.8 Å². The van der Waals surface area contributed by atoms with E-state index < -0.39 is 0 Å². The molecule has 3 rings (SSSR count). The molecule has 5 nitrogen and oxygen atoms in total. The molecule has 6 heteroatoms. The van der Waals surface area contributed by atoms with Crippen LogP contribution in [-0.2, 0) is 11.4 Å². The van der Waals surface area contributed by atoms with Crippen LogP contribution in [0.25, 0.3) is 0 Å². The maximum Gasteiger partial charge on any atom is 0.170 e. The van der Waals surface area contributed by atoms with Gasteiger partial charge < -0.3 is 10.6 Å². The number of benzene rings is 2. The molecule has 3 aromatic rings. The highest BCUT2D eigenvalue weighted by molar-refractivity contribution is 7.80. The molecule has 2 N–H and O–H groups in total. The fraction of sp³-hybridized carbons (Fsp3) is 0.217. The number of aromatic nitrogens is 1. The van der Waals surface area contributed by atoms with Crippen molar-refractivity contribution in [2.45, 2.75) is 19.4 Å². The Morgan fingerprint density at radius 2 is 1.59 bits per heavy atom. The van der Waals surface area contributed by atoms with Crippen LogP contribution in [0.15, 0.2) is 85.2 Å². The Morgan fingerprint density at radius 3 is 2.31 bits per heavy atom. The Labute approximate surface area is 177 Å². The van der Waals surface area contributed by atoms with Crippen LogP contribution in [-0.4, -0.2) is 23.2 Å². The fourth-order valence-electron chi connectivity index (χ4n) is 2.76. The van der Waals surface area contributed by atoms with Crippen LogP contribution in [0.1, 0.15) is 18.4 Å². The van der Waals surface area contributed by atoms with E-state index in [1.165, 1.54) is 0 Å². The minimum atomic E-state index is 0.639. The molecule has 150 valence electrons. The van der Waals surface area contributed by atoms with Crippen molar-refractivity contribution in [3.8, 4) is 0 Å². The van der Waals surface area contributed by atoms with Crippen molar-refractivity contribution in [3.63, 3.8) is 0 Å². The van der Waals surface area contributed by atoms with E-state index in [9.17, 15) is 0 Å². The zero-order valence-corrected chi connectivity index (χ0v) is 17.1. The van der Waals surface area contributed by atoms with E-state index in [0.717, 1.165) is 36.3 Å². The molecule has 0 bridgehead atoms. The molecule has 2 aromatic carbocycles.